The molecule has 0 atom stereocenters. The summed E-state index contributed by atoms with van der Waals surface area (Å²) >= 11 is 14.1. The number of hydrogen-bond acceptors (Lipinski definition) is 4. The molecule has 0 saturated carbocycles. The molecule has 0 fully saturated rings. The monoisotopic (exact) mass is 452 g/mol. The van der Waals surface area contributed by atoms with Crippen LogP contribution in [0.3, 0.4) is 0 Å². The molecular weight excluding hydrogens is 431 g/mol. The van der Waals surface area contributed by atoms with Crippen molar-refractivity contribution in [2.45, 2.75) is 26.8 Å². The van der Waals surface area contributed by atoms with E-state index < -0.39 is 0 Å². The third-order valence-corrected chi connectivity index (χ3v) is 6.05. The van der Waals surface area contributed by atoms with Gasteiger partial charge in [-0.15, -0.1) is 0 Å². The van der Waals surface area contributed by atoms with Crippen LogP contribution in [0.4, 0.5) is 0 Å². The Morgan fingerprint density at radius 2 is 1.79 bits per heavy atom. The van der Waals surface area contributed by atoms with Crippen molar-refractivity contribution < 1.29 is 14.3 Å². The maximum Gasteiger partial charge on any atom is 0.252 e. The van der Waals surface area contributed by atoms with Gasteiger partial charge in [0, 0.05) is 13.2 Å². The van der Waals surface area contributed by atoms with E-state index in [0.717, 1.165) is 21.5 Å². The van der Waals surface area contributed by atoms with Crippen LogP contribution in [-0.2, 0) is 22.5 Å². The molecule has 3 rings (SSSR count). The first kappa shape index (κ1) is 21.8. The molecule has 5 nitrogen and oxygen atoms in total. The smallest absolute Gasteiger partial charge is 0.252 e. The van der Waals surface area contributed by atoms with E-state index >= 15 is 0 Å². The topological polar surface area (TPSA) is 52.8 Å². The van der Waals surface area contributed by atoms with E-state index in [0.29, 0.717) is 41.2 Å². The molecule has 0 aliphatic heterocycles. The van der Waals surface area contributed by atoms with Crippen LogP contribution in [0.25, 0.3) is 10.2 Å². The minimum Gasteiger partial charge on any atom is -0.494 e. The fourth-order valence-electron chi connectivity index (χ4n) is 2.89. The zero-order valence-electron chi connectivity index (χ0n) is 16.3. The highest BCUT2D eigenvalue weighted by Gasteiger charge is 2.14. The number of carbonyl (C=O) groups excluding carboxylic acids is 1. The maximum atomic E-state index is 12.6. The van der Waals surface area contributed by atoms with Crippen LogP contribution in [0.5, 0.6) is 5.75 Å². The highest BCUT2D eigenvalue weighted by molar-refractivity contribution is 7.17. The minimum atomic E-state index is -0.238. The molecule has 0 N–H and O–H groups in total. The zero-order valence-corrected chi connectivity index (χ0v) is 18.6. The average molecular weight is 453 g/mol. The van der Waals surface area contributed by atoms with Crippen molar-refractivity contribution in [1.29, 1.82) is 0 Å². The van der Waals surface area contributed by atoms with Crippen molar-refractivity contribution in [2.24, 2.45) is 4.99 Å². The van der Waals surface area contributed by atoms with Gasteiger partial charge in [0.1, 0.15) is 5.75 Å². The van der Waals surface area contributed by atoms with E-state index in [9.17, 15) is 4.79 Å². The fraction of sp³-hybridized carbons (Fsp3) is 0.333. The summed E-state index contributed by atoms with van der Waals surface area (Å²) in [4.78, 5) is 17.5. The first-order valence-electron chi connectivity index (χ1n) is 9.37. The Hall–Kier alpha value is -1.86. The second-order valence-corrected chi connectivity index (χ2v) is 7.99. The quantitative estimate of drug-likeness (QED) is 0.445. The number of amides is 1. The van der Waals surface area contributed by atoms with Gasteiger partial charge >= 0.3 is 0 Å². The highest BCUT2D eigenvalue weighted by Crippen LogP contribution is 2.31. The van der Waals surface area contributed by atoms with Gasteiger partial charge in [-0.05, 0) is 43.7 Å². The van der Waals surface area contributed by atoms with Crippen molar-refractivity contribution in [1.82, 2.24) is 4.57 Å². The van der Waals surface area contributed by atoms with Gasteiger partial charge in [0.15, 0.2) is 4.80 Å². The van der Waals surface area contributed by atoms with Crippen LogP contribution < -0.4 is 9.54 Å². The molecular formula is C21H22Cl2N2O3S. The third-order valence-electron chi connectivity index (χ3n) is 4.20. The van der Waals surface area contributed by atoms with Crippen molar-refractivity contribution in [2.75, 3.05) is 19.8 Å². The van der Waals surface area contributed by atoms with Crippen LogP contribution in [0.15, 0.2) is 41.4 Å². The van der Waals surface area contributed by atoms with E-state index in [-0.39, 0.29) is 12.3 Å². The highest BCUT2D eigenvalue weighted by atomic mass is 35.5. The van der Waals surface area contributed by atoms with Gasteiger partial charge in [0.05, 0.1) is 39.9 Å². The van der Waals surface area contributed by atoms with Crippen molar-refractivity contribution in [3.05, 3.63) is 56.8 Å². The average Bonchev–Trinajstić information content (AvgIpc) is 3.06. The molecule has 0 saturated heterocycles. The summed E-state index contributed by atoms with van der Waals surface area (Å²) < 4.78 is 13.6. The summed E-state index contributed by atoms with van der Waals surface area (Å²) in [7, 11) is 0. The Kier molecular flexibility index (Phi) is 7.72. The van der Waals surface area contributed by atoms with Gasteiger partial charge in [-0.25, -0.2) is 0 Å². The van der Waals surface area contributed by atoms with Crippen LogP contribution in [0.2, 0.25) is 10.0 Å². The molecule has 3 aromatic rings. The molecule has 154 valence electrons. The number of halogens is 2. The molecule has 2 aromatic carbocycles. The number of benzene rings is 2. The first-order valence-corrected chi connectivity index (χ1v) is 10.9. The van der Waals surface area contributed by atoms with Crippen molar-refractivity contribution in [3.63, 3.8) is 0 Å². The lowest BCUT2D eigenvalue weighted by Crippen LogP contribution is -2.20. The predicted octanol–water partition coefficient (Wildman–Crippen LogP) is 5.11. The van der Waals surface area contributed by atoms with E-state index in [1.165, 1.54) is 11.3 Å². The summed E-state index contributed by atoms with van der Waals surface area (Å²) in [5.74, 6) is 0.543. The van der Waals surface area contributed by atoms with Crippen molar-refractivity contribution >= 4 is 50.7 Å². The number of carbonyl (C=O) groups is 1. The Labute approximate surface area is 183 Å². The Morgan fingerprint density at radius 1 is 1.07 bits per heavy atom. The second-order valence-electron chi connectivity index (χ2n) is 6.20. The van der Waals surface area contributed by atoms with Gasteiger partial charge in [-0.3, -0.25) is 4.79 Å². The SMILES string of the molecule is CCOCCn1c(=NC(=O)Cc2ccc(OCC)cc2)sc2c(Cl)ccc(Cl)c21. The van der Waals surface area contributed by atoms with Gasteiger partial charge < -0.3 is 14.0 Å². The Balaban J connectivity index is 1.93. The summed E-state index contributed by atoms with van der Waals surface area (Å²) in [5, 5.41) is 1.15. The fourth-order valence-corrected chi connectivity index (χ4v) is 4.58. The zero-order chi connectivity index (χ0) is 20.8. The van der Waals surface area contributed by atoms with Gasteiger partial charge in [-0.1, -0.05) is 46.7 Å². The van der Waals surface area contributed by atoms with Gasteiger partial charge in [0.25, 0.3) is 5.91 Å². The maximum absolute atomic E-state index is 12.6. The summed E-state index contributed by atoms with van der Waals surface area (Å²) in [6.07, 6.45) is 0.202. The molecule has 1 heterocycles. The van der Waals surface area contributed by atoms with Crippen LogP contribution in [0.1, 0.15) is 19.4 Å². The number of nitrogens with zero attached hydrogens (tertiary/aromatic N) is 2. The summed E-state index contributed by atoms with van der Waals surface area (Å²) in [6, 6.07) is 11.0. The molecule has 0 spiro atoms. The molecule has 0 bridgehead atoms. The molecule has 29 heavy (non-hydrogen) atoms. The first-order chi connectivity index (χ1) is 14.0. The van der Waals surface area contributed by atoms with E-state index in [2.05, 4.69) is 4.99 Å². The van der Waals surface area contributed by atoms with Crippen molar-refractivity contribution in [3.8, 4) is 5.75 Å². The summed E-state index contributed by atoms with van der Waals surface area (Å²) in [5.41, 5.74) is 1.65. The molecule has 1 aromatic heterocycles. The normalized spacial score (nSPS) is 11.9. The van der Waals surface area contributed by atoms with Gasteiger partial charge in [0.2, 0.25) is 0 Å². The molecule has 0 aliphatic rings. The number of ether oxygens (including phenoxy) is 2. The van der Waals surface area contributed by atoms with E-state index in [1.54, 1.807) is 12.1 Å². The minimum absolute atomic E-state index is 0.202. The predicted molar refractivity (Wildman–Crippen MR) is 118 cm³/mol. The summed E-state index contributed by atoms with van der Waals surface area (Å²) in [6.45, 7) is 6.10. The lowest BCUT2D eigenvalue weighted by Gasteiger charge is -2.07. The Bertz CT molecular complexity index is 1060. The number of thiazole rings is 1. The van der Waals surface area contributed by atoms with Gasteiger partial charge in [-0.2, -0.15) is 4.99 Å². The van der Waals surface area contributed by atoms with Crippen LogP contribution in [-0.4, -0.2) is 30.3 Å². The van der Waals surface area contributed by atoms with Crippen LogP contribution >= 0.6 is 34.5 Å². The lowest BCUT2D eigenvalue weighted by molar-refractivity contribution is -0.117. The second kappa shape index (κ2) is 10.3. The van der Waals surface area contributed by atoms with E-state index in [4.69, 9.17) is 32.7 Å². The molecule has 1 amide bonds. The number of aromatic nitrogens is 1. The number of hydrogen-bond donors (Lipinski definition) is 0. The standard InChI is InChI=1S/C21H22Cl2N2O3S/c1-3-27-12-11-25-19-16(22)9-10-17(23)20(19)29-21(25)24-18(26)13-14-5-7-15(8-6-14)28-4-2/h5-10H,3-4,11-13H2,1-2H3. The third kappa shape index (κ3) is 5.39. The van der Waals surface area contributed by atoms with Crippen LogP contribution in [0, 0.1) is 0 Å². The lowest BCUT2D eigenvalue weighted by atomic mass is 10.1. The molecule has 0 radical (unpaired) electrons. The molecule has 0 aliphatic carbocycles. The van der Waals surface area contributed by atoms with E-state index in [1.807, 2.05) is 42.7 Å². The number of rotatable bonds is 8. The Morgan fingerprint density at radius 3 is 2.48 bits per heavy atom. The number of fused-ring (bicyclic) bond motifs is 1. The molecule has 0 unspecified atom stereocenters. The molecule has 8 heteroatoms. The largest absolute Gasteiger partial charge is 0.494 e.